The van der Waals surface area contributed by atoms with E-state index < -0.39 is 5.79 Å². The molecule has 1 aliphatic carbocycles. The molecule has 2 aliphatic heterocycles. The van der Waals surface area contributed by atoms with Gasteiger partial charge in [0.05, 0.1) is 6.61 Å². The van der Waals surface area contributed by atoms with Gasteiger partial charge in [-0.1, -0.05) is 38.0 Å². The summed E-state index contributed by atoms with van der Waals surface area (Å²) in [6.07, 6.45) is 11.6. The molecule has 0 saturated carbocycles. The summed E-state index contributed by atoms with van der Waals surface area (Å²) in [5.41, 5.74) is 2.39. The Morgan fingerprint density at radius 1 is 1.16 bits per heavy atom. The predicted molar refractivity (Wildman–Crippen MR) is 126 cm³/mol. The average Bonchev–Trinajstić information content (AvgIpc) is 3.50. The molecule has 2 fully saturated rings. The molecular weight excluding hydrogens is 404 g/mol. The van der Waals surface area contributed by atoms with Crippen LogP contribution in [0.2, 0.25) is 0 Å². The van der Waals surface area contributed by atoms with Crippen LogP contribution in [0.3, 0.4) is 0 Å². The summed E-state index contributed by atoms with van der Waals surface area (Å²) in [5.74, 6) is 0.407. The van der Waals surface area contributed by atoms with Gasteiger partial charge in [-0.25, -0.2) is 0 Å². The van der Waals surface area contributed by atoms with Crippen LogP contribution in [0.25, 0.3) is 0 Å². The van der Waals surface area contributed by atoms with Crippen molar-refractivity contribution in [1.29, 1.82) is 0 Å². The molecule has 0 bridgehead atoms. The first-order valence-corrected chi connectivity index (χ1v) is 12.0. The highest BCUT2D eigenvalue weighted by Gasteiger charge is 2.44. The molecule has 3 aliphatic rings. The normalized spacial score (nSPS) is 25.3. The number of benzene rings is 1. The zero-order valence-corrected chi connectivity index (χ0v) is 19.4. The summed E-state index contributed by atoms with van der Waals surface area (Å²) in [6.45, 7) is 8.16. The number of hydrogen-bond acceptors (Lipinski definition) is 5. The van der Waals surface area contributed by atoms with Crippen molar-refractivity contribution >= 4 is 11.6 Å². The molecule has 1 aromatic carbocycles. The Labute approximate surface area is 191 Å². The van der Waals surface area contributed by atoms with Crippen molar-refractivity contribution in [3.05, 3.63) is 48.1 Å². The van der Waals surface area contributed by atoms with Gasteiger partial charge in [-0.3, -0.25) is 4.79 Å². The first kappa shape index (κ1) is 22.9. The molecule has 0 aromatic heterocycles. The Balaban J connectivity index is 1.28. The van der Waals surface area contributed by atoms with E-state index in [0.717, 1.165) is 56.9 Å². The van der Waals surface area contributed by atoms with Crippen molar-refractivity contribution < 1.29 is 19.0 Å². The Kier molecular flexibility index (Phi) is 7.53. The molecule has 6 heteroatoms. The molecule has 32 heavy (non-hydrogen) atoms. The molecule has 6 nitrogen and oxygen atoms in total. The van der Waals surface area contributed by atoms with E-state index in [0.29, 0.717) is 13.2 Å². The summed E-state index contributed by atoms with van der Waals surface area (Å²) in [5, 5.41) is 0. The number of anilines is 1. The van der Waals surface area contributed by atoms with Crippen LogP contribution >= 0.6 is 0 Å². The second-order valence-corrected chi connectivity index (χ2v) is 8.88. The van der Waals surface area contributed by atoms with Gasteiger partial charge in [0, 0.05) is 45.2 Å². The number of hydrogen-bond donors (Lipinski definition) is 0. The maximum Gasteiger partial charge on any atom is 0.219 e. The minimum absolute atomic E-state index is 0.0718. The molecule has 2 unspecified atom stereocenters. The van der Waals surface area contributed by atoms with Crippen LogP contribution < -0.4 is 9.64 Å². The van der Waals surface area contributed by atoms with Gasteiger partial charge in [0.2, 0.25) is 5.91 Å². The minimum atomic E-state index is -0.585. The van der Waals surface area contributed by atoms with E-state index >= 15 is 0 Å². The van der Waals surface area contributed by atoms with Crippen molar-refractivity contribution in [3.63, 3.8) is 0 Å². The van der Waals surface area contributed by atoms with E-state index in [1.807, 2.05) is 17.0 Å². The maximum absolute atomic E-state index is 11.5. The van der Waals surface area contributed by atoms with E-state index in [2.05, 4.69) is 42.2 Å². The third kappa shape index (κ3) is 5.36. The minimum Gasteiger partial charge on any atom is -0.491 e. The molecule has 0 radical (unpaired) electrons. The van der Waals surface area contributed by atoms with Crippen LogP contribution in [0.4, 0.5) is 5.69 Å². The first-order chi connectivity index (χ1) is 15.6. The molecule has 2 heterocycles. The lowest BCUT2D eigenvalue weighted by atomic mass is 9.98. The third-order valence-corrected chi connectivity index (χ3v) is 6.59. The van der Waals surface area contributed by atoms with Crippen LogP contribution in [-0.2, 0) is 14.3 Å². The van der Waals surface area contributed by atoms with Crippen LogP contribution in [-0.4, -0.2) is 62.1 Å². The van der Waals surface area contributed by atoms with Crippen molar-refractivity contribution in [2.45, 2.75) is 57.8 Å². The van der Waals surface area contributed by atoms with Crippen LogP contribution in [0.5, 0.6) is 5.75 Å². The quantitative estimate of drug-likeness (QED) is 0.536. The number of nitrogens with zero attached hydrogens (tertiary/aromatic N) is 2. The fraction of sp³-hybridized carbons (Fsp3) is 0.577. The maximum atomic E-state index is 11.5. The summed E-state index contributed by atoms with van der Waals surface area (Å²) in [7, 11) is 0. The monoisotopic (exact) mass is 440 g/mol. The highest BCUT2D eigenvalue weighted by molar-refractivity contribution is 5.73. The third-order valence-electron chi connectivity index (χ3n) is 6.59. The highest BCUT2D eigenvalue weighted by Crippen LogP contribution is 2.39. The van der Waals surface area contributed by atoms with Crippen LogP contribution in [0, 0.1) is 0 Å². The smallest absolute Gasteiger partial charge is 0.219 e. The summed E-state index contributed by atoms with van der Waals surface area (Å²) in [6, 6.07) is 8.21. The van der Waals surface area contributed by atoms with Crippen molar-refractivity contribution in [1.82, 2.24) is 4.90 Å². The molecule has 174 valence electrons. The fourth-order valence-electron chi connectivity index (χ4n) is 4.67. The van der Waals surface area contributed by atoms with E-state index in [9.17, 15) is 4.79 Å². The molecule has 2 saturated heterocycles. The van der Waals surface area contributed by atoms with Gasteiger partial charge in [0.25, 0.3) is 0 Å². The van der Waals surface area contributed by atoms with E-state index in [-0.39, 0.29) is 12.0 Å². The average molecular weight is 441 g/mol. The first-order valence-electron chi connectivity index (χ1n) is 12.0. The number of amides is 1. The second kappa shape index (κ2) is 10.5. The van der Waals surface area contributed by atoms with E-state index in [4.69, 9.17) is 14.2 Å². The number of ether oxygens (including phenoxy) is 3. The summed E-state index contributed by atoms with van der Waals surface area (Å²) in [4.78, 5) is 15.7. The molecule has 2 atom stereocenters. The largest absolute Gasteiger partial charge is 0.491 e. The number of rotatable bonds is 9. The Morgan fingerprint density at radius 2 is 1.94 bits per heavy atom. The summed E-state index contributed by atoms with van der Waals surface area (Å²) < 4.78 is 18.8. The lowest BCUT2D eigenvalue weighted by molar-refractivity contribution is -0.147. The number of piperazine rings is 1. The zero-order valence-electron chi connectivity index (χ0n) is 19.4. The van der Waals surface area contributed by atoms with Gasteiger partial charge in [-0.05, 0) is 42.7 Å². The number of carbonyl (C=O) groups is 1. The van der Waals surface area contributed by atoms with Gasteiger partial charge in [0.1, 0.15) is 18.5 Å². The molecule has 4 rings (SSSR count). The Morgan fingerprint density at radius 3 is 2.59 bits per heavy atom. The van der Waals surface area contributed by atoms with Crippen LogP contribution in [0.1, 0.15) is 46.0 Å². The lowest BCUT2D eigenvalue weighted by Gasteiger charge is -2.35. The zero-order chi connectivity index (χ0) is 22.4. The van der Waals surface area contributed by atoms with Gasteiger partial charge >= 0.3 is 0 Å². The standard InChI is InChI=1S/C26H36N2O4/c1-3-4-7-14-26(22-8-5-6-9-22)31-20-25(32-26)19-30-24-12-10-23(11-13-24)28-17-15-27(16-18-28)21(2)29/h5-6,8,10-13,25H,3-4,7,9,14-20H2,1-2H3. The van der Waals surface area contributed by atoms with Crippen molar-refractivity contribution in [2.75, 3.05) is 44.3 Å². The molecule has 1 amide bonds. The van der Waals surface area contributed by atoms with Gasteiger partial charge in [-0.15, -0.1) is 0 Å². The van der Waals surface area contributed by atoms with Crippen LogP contribution in [0.15, 0.2) is 48.1 Å². The molecular formula is C26H36N2O4. The fourth-order valence-corrected chi connectivity index (χ4v) is 4.67. The topological polar surface area (TPSA) is 51.2 Å². The van der Waals surface area contributed by atoms with Gasteiger partial charge in [-0.2, -0.15) is 0 Å². The summed E-state index contributed by atoms with van der Waals surface area (Å²) >= 11 is 0. The van der Waals surface area contributed by atoms with Crippen molar-refractivity contribution in [2.24, 2.45) is 0 Å². The van der Waals surface area contributed by atoms with Gasteiger partial charge in [0.15, 0.2) is 5.79 Å². The number of unbranched alkanes of at least 4 members (excludes halogenated alkanes) is 2. The molecule has 1 aromatic rings. The number of allylic oxidation sites excluding steroid dienone is 3. The SMILES string of the molecule is CCCCCC1(C2=CC=CC2)OCC(COc2ccc(N3CCN(C(C)=O)CC3)cc2)O1. The predicted octanol–water partition coefficient (Wildman–Crippen LogP) is 4.31. The van der Waals surface area contributed by atoms with E-state index in [1.54, 1.807) is 6.92 Å². The highest BCUT2D eigenvalue weighted by atomic mass is 16.8. The molecule has 0 N–H and O–H groups in total. The van der Waals surface area contributed by atoms with Gasteiger partial charge < -0.3 is 24.0 Å². The lowest BCUT2D eigenvalue weighted by Crippen LogP contribution is -2.48. The second-order valence-electron chi connectivity index (χ2n) is 8.88. The number of carbonyl (C=O) groups excluding carboxylic acids is 1. The van der Waals surface area contributed by atoms with E-state index in [1.165, 1.54) is 18.4 Å². The Hall–Kier alpha value is -2.31. The van der Waals surface area contributed by atoms with Crippen molar-refractivity contribution in [3.8, 4) is 5.75 Å². The Bertz CT molecular complexity index is 827. The molecule has 0 spiro atoms.